The van der Waals surface area contributed by atoms with Gasteiger partial charge >= 0.3 is 0 Å². The van der Waals surface area contributed by atoms with Gasteiger partial charge in [0.15, 0.2) is 5.96 Å². The Bertz CT molecular complexity index is 565. The fourth-order valence-electron chi connectivity index (χ4n) is 3.79. The molecule has 156 valence electrons. The lowest BCUT2D eigenvalue weighted by molar-refractivity contribution is 0.232. The molecule has 2 saturated heterocycles. The minimum atomic E-state index is 0.820. The van der Waals surface area contributed by atoms with E-state index in [1.807, 2.05) is 18.5 Å². The maximum atomic E-state index is 4.76. The van der Waals surface area contributed by atoms with Crippen LogP contribution in [0.2, 0.25) is 0 Å². The molecule has 1 aromatic rings. The van der Waals surface area contributed by atoms with Gasteiger partial charge in [0.25, 0.3) is 0 Å². The van der Waals surface area contributed by atoms with E-state index in [1.165, 1.54) is 32.4 Å². The van der Waals surface area contributed by atoms with Crippen LogP contribution >= 0.6 is 0 Å². The summed E-state index contributed by atoms with van der Waals surface area (Å²) in [6.45, 7) is 13.4. The van der Waals surface area contributed by atoms with Crippen LogP contribution in [0.3, 0.4) is 0 Å². The minimum Gasteiger partial charge on any atom is -0.357 e. The number of piperidine rings is 1. The summed E-state index contributed by atoms with van der Waals surface area (Å²) in [6, 6.07) is 1.86. The maximum Gasteiger partial charge on any atom is 0.225 e. The van der Waals surface area contributed by atoms with Crippen LogP contribution in [0.15, 0.2) is 23.5 Å². The van der Waals surface area contributed by atoms with Crippen molar-refractivity contribution < 1.29 is 0 Å². The van der Waals surface area contributed by atoms with Crippen LogP contribution in [0.5, 0.6) is 0 Å². The first-order valence-corrected chi connectivity index (χ1v) is 10.8. The van der Waals surface area contributed by atoms with Gasteiger partial charge in [-0.25, -0.2) is 9.97 Å². The SMILES string of the molecule is CCNC(=NCCN1CCN(c2ncccn2)CC1)NCCN1CCCCC1. The predicted molar refractivity (Wildman–Crippen MR) is 115 cm³/mol. The molecule has 2 N–H and O–H groups in total. The van der Waals surface area contributed by atoms with Crippen LogP contribution in [0.4, 0.5) is 5.95 Å². The summed E-state index contributed by atoms with van der Waals surface area (Å²) in [4.78, 5) is 20.7. The molecular formula is C20H36N8. The Labute approximate surface area is 169 Å². The fraction of sp³-hybridized carbons (Fsp3) is 0.750. The molecule has 3 rings (SSSR count). The third kappa shape index (κ3) is 6.91. The van der Waals surface area contributed by atoms with E-state index in [2.05, 4.69) is 42.2 Å². The van der Waals surface area contributed by atoms with Gasteiger partial charge in [-0.1, -0.05) is 6.42 Å². The molecule has 0 amide bonds. The number of hydrogen-bond acceptors (Lipinski definition) is 6. The van der Waals surface area contributed by atoms with Crippen molar-refractivity contribution in [2.75, 3.05) is 76.9 Å². The third-order valence-corrected chi connectivity index (χ3v) is 5.41. The van der Waals surface area contributed by atoms with Crippen LogP contribution in [-0.2, 0) is 0 Å². The van der Waals surface area contributed by atoms with Crippen molar-refractivity contribution >= 4 is 11.9 Å². The summed E-state index contributed by atoms with van der Waals surface area (Å²) < 4.78 is 0. The summed E-state index contributed by atoms with van der Waals surface area (Å²) in [5.74, 6) is 1.78. The monoisotopic (exact) mass is 388 g/mol. The minimum absolute atomic E-state index is 0.820. The smallest absolute Gasteiger partial charge is 0.225 e. The molecule has 8 heteroatoms. The van der Waals surface area contributed by atoms with Crippen LogP contribution in [0.25, 0.3) is 0 Å². The lowest BCUT2D eigenvalue weighted by Gasteiger charge is -2.34. The quantitative estimate of drug-likeness (QED) is 0.500. The Morgan fingerprint density at radius 3 is 2.36 bits per heavy atom. The molecule has 2 aliphatic heterocycles. The normalized spacial score (nSPS) is 19.6. The fourth-order valence-corrected chi connectivity index (χ4v) is 3.79. The van der Waals surface area contributed by atoms with E-state index in [0.29, 0.717) is 0 Å². The van der Waals surface area contributed by atoms with Crippen molar-refractivity contribution in [1.29, 1.82) is 0 Å². The highest BCUT2D eigenvalue weighted by atomic mass is 15.3. The van der Waals surface area contributed by atoms with E-state index in [9.17, 15) is 0 Å². The molecule has 0 atom stereocenters. The number of likely N-dealkylation sites (tertiary alicyclic amines) is 1. The van der Waals surface area contributed by atoms with E-state index >= 15 is 0 Å². The van der Waals surface area contributed by atoms with E-state index in [0.717, 1.165) is 70.8 Å². The number of nitrogens with zero attached hydrogens (tertiary/aromatic N) is 6. The molecule has 0 bridgehead atoms. The topological polar surface area (TPSA) is 71.9 Å². The van der Waals surface area contributed by atoms with Crippen LogP contribution in [0, 0.1) is 0 Å². The first-order chi connectivity index (χ1) is 13.8. The second-order valence-electron chi connectivity index (χ2n) is 7.47. The number of nitrogens with one attached hydrogen (secondary N) is 2. The van der Waals surface area contributed by atoms with Gasteiger partial charge in [-0.15, -0.1) is 0 Å². The largest absolute Gasteiger partial charge is 0.357 e. The van der Waals surface area contributed by atoms with Gasteiger partial charge < -0.3 is 20.4 Å². The highest BCUT2D eigenvalue weighted by molar-refractivity contribution is 5.79. The third-order valence-electron chi connectivity index (χ3n) is 5.41. The van der Waals surface area contributed by atoms with Crippen molar-refractivity contribution in [3.63, 3.8) is 0 Å². The van der Waals surface area contributed by atoms with Gasteiger partial charge in [-0.2, -0.15) is 0 Å². The van der Waals surface area contributed by atoms with Crippen molar-refractivity contribution in [2.45, 2.75) is 26.2 Å². The van der Waals surface area contributed by atoms with Gasteiger partial charge in [0.2, 0.25) is 5.95 Å². The second-order valence-corrected chi connectivity index (χ2v) is 7.47. The van der Waals surface area contributed by atoms with E-state index < -0.39 is 0 Å². The molecule has 2 aliphatic rings. The zero-order chi connectivity index (χ0) is 19.4. The van der Waals surface area contributed by atoms with Gasteiger partial charge in [0.1, 0.15) is 0 Å². The predicted octanol–water partition coefficient (Wildman–Crippen LogP) is 0.640. The van der Waals surface area contributed by atoms with Crippen molar-refractivity contribution in [2.24, 2.45) is 4.99 Å². The molecule has 0 aromatic carbocycles. The van der Waals surface area contributed by atoms with Crippen molar-refractivity contribution in [3.8, 4) is 0 Å². The molecule has 0 saturated carbocycles. The Kier molecular flexibility index (Phi) is 8.77. The van der Waals surface area contributed by atoms with Crippen LogP contribution in [-0.4, -0.2) is 97.7 Å². The summed E-state index contributed by atoms with van der Waals surface area (Å²) in [5, 5.41) is 6.85. The first-order valence-electron chi connectivity index (χ1n) is 10.8. The summed E-state index contributed by atoms with van der Waals surface area (Å²) >= 11 is 0. The highest BCUT2D eigenvalue weighted by Gasteiger charge is 2.18. The number of guanidine groups is 1. The van der Waals surface area contributed by atoms with Crippen LogP contribution in [0.1, 0.15) is 26.2 Å². The summed E-state index contributed by atoms with van der Waals surface area (Å²) in [6.07, 6.45) is 7.70. The highest BCUT2D eigenvalue weighted by Crippen LogP contribution is 2.09. The van der Waals surface area contributed by atoms with Crippen LogP contribution < -0.4 is 15.5 Å². The Hall–Kier alpha value is -1.93. The number of anilines is 1. The Balaban J connectivity index is 1.34. The van der Waals surface area contributed by atoms with Crippen molar-refractivity contribution in [1.82, 2.24) is 30.4 Å². The molecule has 3 heterocycles. The molecule has 8 nitrogen and oxygen atoms in total. The number of aliphatic imine (C=N–C) groups is 1. The Morgan fingerprint density at radius 2 is 1.64 bits per heavy atom. The molecule has 2 fully saturated rings. The van der Waals surface area contributed by atoms with E-state index in [4.69, 9.17) is 4.99 Å². The zero-order valence-corrected chi connectivity index (χ0v) is 17.3. The first kappa shape index (κ1) is 20.8. The molecular weight excluding hydrogens is 352 g/mol. The number of piperazine rings is 1. The summed E-state index contributed by atoms with van der Waals surface area (Å²) in [7, 11) is 0. The molecule has 0 radical (unpaired) electrons. The lowest BCUT2D eigenvalue weighted by atomic mass is 10.1. The second kappa shape index (κ2) is 11.8. The Morgan fingerprint density at radius 1 is 0.929 bits per heavy atom. The molecule has 28 heavy (non-hydrogen) atoms. The maximum absolute atomic E-state index is 4.76. The number of aromatic nitrogens is 2. The average Bonchev–Trinajstić information content (AvgIpc) is 2.76. The zero-order valence-electron chi connectivity index (χ0n) is 17.3. The number of hydrogen-bond donors (Lipinski definition) is 2. The average molecular weight is 389 g/mol. The molecule has 0 aliphatic carbocycles. The summed E-state index contributed by atoms with van der Waals surface area (Å²) in [5.41, 5.74) is 0. The van der Waals surface area contributed by atoms with Gasteiger partial charge in [0.05, 0.1) is 6.54 Å². The van der Waals surface area contributed by atoms with E-state index in [-0.39, 0.29) is 0 Å². The van der Waals surface area contributed by atoms with Crippen molar-refractivity contribution in [3.05, 3.63) is 18.5 Å². The number of rotatable bonds is 8. The standard InChI is InChI=1S/C20H36N8/c1-2-21-19(22-9-13-26-11-4-3-5-12-26)23-10-14-27-15-17-28(18-16-27)20-24-7-6-8-25-20/h6-8H,2-5,9-18H2,1H3,(H2,21,22,23). The molecule has 1 aromatic heterocycles. The van der Waals surface area contributed by atoms with Gasteiger partial charge in [-0.3, -0.25) is 9.89 Å². The van der Waals surface area contributed by atoms with Gasteiger partial charge in [0, 0.05) is 64.8 Å². The lowest BCUT2D eigenvalue weighted by Crippen LogP contribution is -2.48. The van der Waals surface area contributed by atoms with Gasteiger partial charge in [-0.05, 0) is 38.9 Å². The molecule has 0 spiro atoms. The van der Waals surface area contributed by atoms with E-state index in [1.54, 1.807) is 0 Å². The molecule has 0 unspecified atom stereocenters.